The van der Waals surface area contributed by atoms with E-state index in [1.165, 1.54) is 24.3 Å². The van der Waals surface area contributed by atoms with E-state index in [-0.39, 0.29) is 16.5 Å². The summed E-state index contributed by atoms with van der Waals surface area (Å²) in [6.45, 7) is 8.58. The fourth-order valence-electron chi connectivity index (χ4n) is 2.53. The van der Waals surface area contributed by atoms with Crippen LogP contribution in [-0.2, 0) is 19.6 Å². The first-order chi connectivity index (χ1) is 13.8. The quantitative estimate of drug-likeness (QED) is 0.401. The Kier molecular flexibility index (Phi) is 6.94. The Morgan fingerprint density at radius 2 is 1.73 bits per heavy atom. The number of pyridine rings is 1. The van der Waals surface area contributed by atoms with Crippen LogP contribution in [0.1, 0.15) is 34.6 Å². The van der Waals surface area contributed by atoms with Crippen LogP contribution in [0.5, 0.6) is 0 Å². The summed E-state index contributed by atoms with van der Waals surface area (Å²) >= 11 is 0. The number of nitrogens with one attached hydrogen (secondary N) is 1. The number of esters is 1. The predicted molar refractivity (Wildman–Crippen MR) is 111 cm³/mol. The number of ether oxygens (including phenoxy) is 1. The molecule has 0 aliphatic rings. The van der Waals surface area contributed by atoms with Gasteiger partial charge in [-0.15, -0.1) is 0 Å². The molecular formula is C20H25N3O6S. The van der Waals surface area contributed by atoms with Crippen molar-refractivity contribution in [1.29, 1.82) is 0 Å². The molecule has 0 saturated heterocycles. The van der Waals surface area contributed by atoms with E-state index in [1.807, 2.05) is 0 Å². The predicted octanol–water partition coefficient (Wildman–Crippen LogP) is 3.30. The third-order valence-corrected chi connectivity index (χ3v) is 5.49. The van der Waals surface area contributed by atoms with Crippen LogP contribution in [-0.4, -0.2) is 35.9 Å². The maximum absolute atomic E-state index is 12.8. The zero-order valence-electron chi connectivity index (χ0n) is 17.4. The molecule has 1 atom stereocenters. The van der Waals surface area contributed by atoms with Crippen LogP contribution in [0.3, 0.4) is 0 Å². The molecule has 0 spiro atoms. The molecule has 2 rings (SSSR count). The molecular weight excluding hydrogens is 410 g/mol. The van der Waals surface area contributed by atoms with E-state index in [4.69, 9.17) is 4.74 Å². The van der Waals surface area contributed by atoms with Gasteiger partial charge < -0.3 is 4.74 Å². The van der Waals surface area contributed by atoms with Gasteiger partial charge in [-0.05, 0) is 44.9 Å². The minimum Gasteiger partial charge on any atom is -0.459 e. The normalized spacial score (nSPS) is 13.1. The van der Waals surface area contributed by atoms with Crippen molar-refractivity contribution in [2.24, 2.45) is 5.92 Å². The molecule has 162 valence electrons. The summed E-state index contributed by atoms with van der Waals surface area (Å²) in [6.07, 6.45) is 1.13. The molecule has 0 saturated carbocycles. The topological polar surface area (TPSA) is 128 Å². The number of carbonyl (C=O) groups is 1. The van der Waals surface area contributed by atoms with Crippen LogP contribution in [0.4, 0.5) is 5.69 Å². The third kappa shape index (κ3) is 6.07. The minimum absolute atomic E-state index is 0.0256. The molecule has 10 heteroatoms. The molecule has 1 heterocycles. The second kappa shape index (κ2) is 8.88. The van der Waals surface area contributed by atoms with Crippen molar-refractivity contribution < 1.29 is 22.9 Å². The van der Waals surface area contributed by atoms with Gasteiger partial charge in [-0.25, -0.2) is 13.4 Å². The molecule has 1 aromatic heterocycles. The van der Waals surface area contributed by atoms with E-state index in [2.05, 4.69) is 9.71 Å². The van der Waals surface area contributed by atoms with Crippen molar-refractivity contribution in [3.05, 3.63) is 52.7 Å². The van der Waals surface area contributed by atoms with Crippen LogP contribution < -0.4 is 4.72 Å². The summed E-state index contributed by atoms with van der Waals surface area (Å²) in [6, 6.07) is 7.62. The highest BCUT2D eigenvalue weighted by Gasteiger charge is 2.32. The molecule has 30 heavy (non-hydrogen) atoms. The Balaban J connectivity index is 2.22. The number of carbonyl (C=O) groups excluding carboxylic acids is 1. The van der Waals surface area contributed by atoms with Gasteiger partial charge in [-0.1, -0.05) is 26.0 Å². The first-order valence-electron chi connectivity index (χ1n) is 9.26. The lowest BCUT2D eigenvalue weighted by Crippen LogP contribution is -2.47. The summed E-state index contributed by atoms with van der Waals surface area (Å²) in [5, 5.41) is 10.7. The lowest BCUT2D eigenvalue weighted by Gasteiger charge is -2.26. The summed E-state index contributed by atoms with van der Waals surface area (Å²) in [5.41, 5.74) is 0.182. The Hall–Kier alpha value is -2.85. The van der Waals surface area contributed by atoms with Gasteiger partial charge in [-0.2, -0.15) is 4.72 Å². The number of nitro groups is 1. The van der Waals surface area contributed by atoms with E-state index in [1.54, 1.807) is 46.8 Å². The van der Waals surface area contributed by atoms with Crippen LogP contribution in [0.2, 0.25) is 0 Å². The van der Waals surface area contributed by atoms with Gasteiger partial charge in [0.1, 0.15) is 17.8 Å². The molecule has 0 bridgehead atoms. The maximum Gasteiger partial charge on any atom is 0.324 e. The van der Waals surface area contributed by atoms with E-state index in [0.29, 0.717) is 11.3 Å². The SMILES string of the molecule is CC(C)C(NS(=O)(=O)c1ccc(-c2ccc([N+](=O)[O-])cn2)cc1)C(=O)OC(C)(C)C. The first kappa shape index (κ1) is 23.4. The first-order valence-corrected chi connectivity index (χ1v) is 10.7. The Morgan fingerprint density at radius 3 is 2.17 bits per heavy atom. The number of nitrogens with zero attached hydrogens (tertiary/aromatic N) is 2. The van der Waals surface area contributed by atoms with E-state index in [0.717, 1.165) is 6.20 Å². The molecule has 0 aliphatic carbocycles. The second-order valence-electron chi connectivity index (χ2n) is 8.06. The van der Waals surface area contributed by atoms with Crippen molar-refractivity contribution in [1.82, 2.24) is 9.71 Å². The van der Waals surface area contributed by atoms with Crippen molar-refractivity contribution >= 4 is 21.7 Å². The van der Waals surface area contributed by atoms with Crippen LogP contribution >= 0.6 is 0 Å². The molecule has 1 aromatic carbocycles. The monoisotopic (exact) mass is 435 g/mol. The lowest BCUT2D eigenvalue weighted by atomic mass is 10.1. The second-order valence-corrected chi connectivity index (χ2v) is 9.77. The zero-order valence-corrected chi connectivity index (χ0v) is 18.3. The highest BCUT2D eigenvalue weighted by Crippen LogP contribution is 2.22. The summed E-state index contributed by atoms with van der Waals surface area (Å²) in [5.74, 6) is -0.967. The fraction of sp³-hybridized carbons (Fsp3) is 0.400. The summed E-state index contributed by atoms with van der Waals surface area (Å²) < 4.78 is 33.3. The van der Waals surface area contributed by atoms with E-state index >= 15 is 0 Å². The number of hydrogen-bond acceptors (Lipinski definition) is 7. The molecule has 9 nitrogen and oxygen atoms in total. The Labute approximate surface area is 175 Å². The van der Waals surface area contributed by atoms with Crippen LogP contribution in [0.25, 0.3) is 11.3 Å². The van der Waals surface area contributed by atoms with Gasteiger partial charge in [0.05, 0.1) is 15.5 Å². The lowest BCUT2D eigenvalue weighted by molar-refractivity contribution is -0.385. The average Bonchev–Trinajstić information content (AvgIpc) is 2.64. The molecule has 0 amide bonds. The number of rotatable bonds is 7. The van der Waals surface area contributed by atoms with Crippen molar-refractivity contribution in [2.45, 2.75) is 51.2 Å². The maximum atomic E-state index is 12.8. The molecule has 0 radical (unpaired) electrons. The number of benzene rings is 1. The number of hydrogen-bond donors (Lipinski definition) is 1. The van der Waals surface area contributed by atoms with Crippen molar-refractivity contribution in [3.63, 3.8) is 0 Å². The van der Waals surface area contributed by atoms with Gasteiger partial charge in [0.15, 0.2) is 0 Å². The Bertz CT molecular complexity index is 1010. The summed E-state index contributed by atoms with van der Waals surface area (Å²) in [4.78, 5) is 26.6. The molecule has 1 unspecified atom stereocenters. The van der Waals surface area contributed by atoms with E-state index < -0.39 is 32.6 Å². The van der Waals surface area contributed by atoms with Gasteiger partial charge in [-0.3, -0.25) is 14.9 Å². The largest absolute Gasteiger partial charge is 0.459 e. The summed E-state index contributed by atoms with van der Waals surface area (Å²) in [7, 11) is -3.98. The van der Waals surface area contributed by atoms with Gasteiger partial charge in [0, 0.05) is 11.6 Å². The van der Waals surface area contributed by atoms with Crippen molar-refractivity contribution in [2.75, 3.05) is 0 Å². The van der Waals surface area contributed by atoms with Gasteiger partial charge in [0.2, 0.25) is 10.0 Å². The highest BCUT2D eigenvalue weighted by molar-refractivity contribution is 7.89. The fourth-order valence-corrected chi connectivity index (χ4v) is 3.86. The molecule has 0 aliphatic heterocycles. The standard InChI is InChI=1S/C20H25N3O6S/c1-13(2)18(19(24)29-20(3,4)5)22-30(27,28)16-9-6-14(7-10-16)17-11-8-15(12-21-17)23(25)26/h6-13,18,22H,1-5H3. The van der Waals surface area contributed by atoms with Gasteiger partial charge in [0.25, 0.3) is 5.69 Å². The van der Waals surface area contributed by atoms with Crippen LogP contribution in [0.15, 0.2) is 47.5 Å². The average molecular weight is 436 g/mol. The third-order valence-electron chi connectivity index (χ3n) is 4.03. The molecule has 0 fully saturated rings. The highest BCUT2D eigenvalue weighted by atomic mass is 32.2. The van der Waals surface area contributed by atoms with Crippen LogP contribution in [0, 0.1) is 16.0 Å². The smallest absolute Gasteiger partial charge is 0.324 e. The zero-order chi connectivity index (χ0) is 22.7. The van der Waals surface area contributed by atoms with Gasteiger partial charge >= 0.3 is 5.97 Å². The minimum atomic E-state index is -3.98. The Morgan fingerprint density at radius 1 is 1.13 bits per heavy atom. The van der Waals surface area contributed by atoms with E-state index in [9.17, 15) is 23.3 Å². The number of aromatic nitrogens is 1. The molecule has 1 N–H and O–H groups in total. The molecule has 2 aromatic rings. The van der Waals surface area contributed by atoms with Crippen molar-refractivity contribution in [3.8, 4) is 11.3 Å². The number of sulfonamides is 1.